The molecule has 0 aliphatic carbocycles. The minimum atomic E-state index is 0.242. The molecule has 0 bridgehead atoms. The lowest BCUT2D eigenvalue weighted by atomic mass is 10.2. The summed E-state index contributed by atoms with van der Waals surface area (Å²) in [4.78, 5) is 4.48. The van der Waals surface area contributed by atoms with E-state index in [0.717, 1.165) is 30.3 Å². The molecular weight excluding hydrogens is 208 g/mol. The second-order valence-electron chi connectivity index (χ2n) is 3.48. The highest BCUT2D eigenvalue weighted by Crippen LogP contribution is 2.16. The van der Waals surface area contributed by atoms with E-state index in [0.29, 0.717) is 6.61 Å². The lowest BCUT2D eigenvalue weighted by molar-refractivity contribution is 0.111. The van der Waals surface area contributed by atoms with Crippen LogP contribution in [-0.4, -0.2) is 24.7 Å². The van der Waals surface area contributed by atoms with Crippen LogP contribution in [0, 0.1) is 6.92 Å². The maximum Gasteiger partial charge on any atom is 0.0898 e. The Morgan fingerprint density at radius 3 is 2.87 bits per heavy atom. The summed E-state index contributed by atoms with van der Waals surface area (Å²) in [5.74, 6) is 0. The zero-order valence-corrected chi connectivity index (χ0v) is 10.6. The van der Waals surface area contributed by atoms with Gasteiger partial charge in [0.1, 0.15) is 0 Å². The van der Waals surface area contributed by atoms with Crippen LogP contribution in [0.4, 0.5) is 0 Å². The lowest BCUT2D eigenvalue weighted by Crippen LogP contribution is -2.25. The minimum absolute atomic E-state index is 0.242. The third kappa shape index (κ3) is 4.28. The summed E-state index contributed by atoms with van der Waals surface area (Å²) in [6.07, 6.45) is 1.06. The zero-order valence-electron chi connectivity index (χ0n) is 9.75. The molecule has 1 aromatic heterocycles. The van der Waals surface area contributed by atoms with Gasteiger partial charge in [-0.25, -0.2) is 4.98 Å². The molecule has 0 saturated carbocycles. The van der Waals surface area contributed by atoms with E-state index < -0.39 is 0 Å². The molecule has 4 heteroatoms. The van der Waals surface area contributed by atoms with Crippen molar-refractivity contribution in [2.24, 2.45) is 0 Å². The largest absolute Gasteiger partial charge is 0.379 e. The number of hydrogen-bond acceptors (Lipinski definition) is 4. The molecule has 1 N–H and O–H groups in total. The number of rotatable bonds is 7. The van der Waals surface area contributed by atoms with E-state index in [4.69, 9.17) is 4.74 Å². The van der Waals surface area contributed by atoms with Crippen LogP contribution in [0.2, 0.25) is 0 Å². The Bertz CT molecular complexity index is 275. The fourth-order valence-electron chi connectivity index (χ4n) is 1.38. The molecule has 1 aromatic rings. The normalized spacial score (nSPS) is 13.0. The van der Waals surface area contributed by atoms with Gasteiger partial charge in [-0.15, -0.1) is 11.3 Å². The van der Waals surface area contributed by atoms with Gasteiger partial charge in [-0.3, -0.25) is 0 Å². The quantitative estimate of drug-likeness (QED) is 0.728. The van der Waals surface area contributed by atoms with Crippen LogP contribution < -0.4 is 5.32 Å². The molecule has 0 aliphatic heterocycles. The first-order valence-electron chi connectivity index (χ1n) is 5.51. The number of aromatic nitrogens is 1. The molecule has 0 aromatic carbocycles. The Kier molecular flexibility index (Phi) is 5.83. The number of nitrogens with one attached hydrogen (secondary N) is 1. The van der Waals surface area contributed by atoms with Gasteiger partial charge in [-0.1, -0.05) is 13.8 Å². The van der Waals surface area contributed by atoms with Crippen molar-refractivity contribution in [3.05, 3.63) is 16.1 Å². The fourth-order valence-corrected chi connectivity index (χ4v) is 2.05. The summed E-state index contributed by atoms with van der Waals surface area (Å²) in [5.41, 5.74) is 1.11. The number of ether oxygens (including phenoxy) is 1. The molecule has 0 aliphatic rings. The van der Waals surface area contributed by atoms with Gasteiger partial charge in [0, 0.05) is 12.0 Å². The fraction of sp³-hybridized carbons (Fsp3) is 0.727. The Morgan fingerprint density at radius 1 is 1.53 bits per heavy atom. The predicted octanol–water partition coefficient (Wildman–Crippen LogP) is 2.53. The third-order valence-electron chi connectivity index (χ3n) is 2.08. The average Bonchev–Trinajstić information content (AvgIpc) is 2.64. The molecule has 0 spiro atoms. The minimum Gasteiger partial charge on any atom is -0.379 e. The van der Waals surface area contributed by atoms with Gasteiger partial charge in [-0.05, 0) is 19.9 Å². The first-order chi connectivity index (χ1) is 7.27. The summed E-state index contributed by atoms with van der Waals surface area (Å²) < 4.78 is 5.56. The van der Waals surface area contributed by atoms with Crippen LogP contribution in [0.3, 0.4) is 0 Å². The van der Waals surface area contributed by atoms with Gasteiger partial charge in [-0.2, -0.15) is 0 Å². The Hall–Kier alpha value is -0.450. The van der Waals surface area contributed by atoms with Gasteiger partial charge >= 0.3 is 0 Å². The highest BCUT2D eigenvalue weighted by Gasteiger charge is 2.12. The molecular formula is C11H20N2OS. The number of likely N-dealkylation sites (N-methyl/N-ethyl adjacent to an activating group) is 1. The molecule has 0 amide bonds. The second kappa shape index (κ2) is 6.93. The van der Waals surface area contributed by atoms with Crippen LogP contribution in [-0.2, 0) is 4.74 Å². The molecule has 0 radical (unpaired) electrons. The Balaban J connectivity index is 2.49. The van der Waals surface area contributed by atoms with Crippen molar-refractivity contribution in [3.63, 3.8) is 0 Å². The van der Waals surface area contributed by atoms with E-state index in [1.54, 1.807) is 11.3 Å². The summed E-state index contributed by atoms with van der Waals surface area (Å²) in [5, 5.41) is 6.61. The number of aryl methyl sites for hydroxylation is 1. The summed E-state index contributed by atoms with van der Waals surface area (Å²) >= 11 is 1.69. The van der Waals surface area contributed by atoms with E-state index in [-0.39, 0.29) is 6.04 Å². The van der Waals surface area contributed by atoms with E-state index in [2.05, 4.69) is 29.5 Å². The number of thiazole rings is 1. The Labute approximate surface area is 95.9 Å². The highest BCUT2D eigenvalue weighted by molar-refractivity contribution is 7.09. The monoisotopic (exact) mass is 228 g/mol. The van der Waals surface area contributed by atoms with E-state index >= 15 is 0 Å². The van der Waals surface area contributed by atoms with Gasteiger partial charge < -0.3 is 10.1 Å². The van der Waals surface area contributed by atoms with Gasteiger partial charge in [0.25, 0.3) is 0 Å². The van der Waals surface area contributed by atoms with Crippen molar-refractivity contribution in [2.45, 2.75) is 33.2 Å². The van der Waals surface area contributed by atoms with Crippen LogP contribution in [0.25, 0.3) is 0 Å². The third-order valence-corrected chi connectivity index (χ3v) is 2.87. The molecule has 0 saturated heterocycles. The van der Waals surface area contributed by atoms with Crippen LogP contribution in [0.15, 0.2) is 5.38 Å². The first-order valence-corrected chi connectivity index (χ1v) is 6.39. The van der Waals surface area contributed by atoms with Crippen LogP contribution >= 0.6 is 11.3 Å². The predicted molar refractivity (Wildman–Crippen MR) is 64.4 cm³/mol. The van der Waals surface area contributed by atoms with Crippen molar-refractivity contribution < 1.29 is 4.74 Å². The summed E-state index contributed by atoms with van der Waals surface area (Å²) in [6.45, 7) is 8.73. The summed E-state index contributed by atoms with van der Waals surface area (Å²) in [7, 11) is 0. The molecule has 1 heterocycles. The second-order valence-corrected chi connectivity index (χ2v) is 4.54. The van der Waals surface area contributed by atoms with Gasteiger partial charge in [0.05, 0.1) is 23.4 Å². The average molecular weight is 228 g/mol. The van der Waals surface area contributed by atoms with Gasteiger partial charge in [0.2, 0.25) is 0 Å². The topological polar surface area (TPSA) is 34.1 Å². The van der Waals surface area contributed by atoms with Crippen molar-refractivity contribution in [2.75, 3.05) is 19.8 Å². The molecule has 86 valence electrons. The van der Waals surface area contributed by atoms with Crippen molar-refractivity contribution >= 4 is 11.3 Å². The molecule has 1 atom stereocenters. The smallest absolute Gasteiger partial charge is 0.0898 e. The van der Waals surface area contributed by atoms with Gasteiger partial charge in [0.15, 0.2) is 0 Å². The summed E-state index contributed by atoms with van der Waals surface area (Å²) in [6, 6.07) is 0.242. The Morgan fingerprint density at radius 2 is 2.33 bits per heavy atom. The molecule has 3 nitrogen and oxygen atoms in total. The molecule has 0 fully saturated rings. The number of nitrogens with zero attached hydrogens (tertiary/aromatic N) is 1. The van der Waals surface area contributed by atoms with E-state index in [1.807, 2.05) is 6.92 Å². The van der Waals surface area contributed by atoms with Crippen molar-refractivity contribution in [1.82, 2.24) is 10.3 Å². The molecule has 1 unspecified atom stereocenters. The highest BCUT2D eigenvalue weighted by atomic mass is 32.1. The zero-order chi connectivity index (χ0) is 11.1. The SMILES string of the molecule is CCCOCC(NCC)c1csc(C)n1. The maximum absolute atomic E-state index is 5.56. The maximum atomic E-state index is 5.56. The lowest BCUT2D eigenvalue weighted by Gasteiger charge is -2.15. The first kappa shape index (κ1) is 12.6. The van der Waals surface area contributed by atoms with Crippen molar-refractivity contribution in [3.8, 4) is 0 Å². The van der Waals surface area contributed by atoms with Crippen LogP contribution in [0.1, 0.15) is 37.0 Å². The van der Waals surface area contributed by atoms with E-state index in [9.17, 15) is 0 Å². The standard InChI is InChI=1S/C11H20N2OS/c1-4-6-14-7-10(12-5-2)11-8-15-9(3)13-11/h8,10,12H,4-7H2,1-3H3. The van der Waals surface area contributed by atoms with E-state index in [1.165, 1.54) is 0 Å². The van der Waals surface area contributed by atoms with Crippen LogP contribution in [0.5, 0.6) is 0 Å². The molecule has 1 rings (SSSR count). The van der Waals surface area contributed by atoms with Crippen molar-refractivity contribution in [1.29, 1.82) is 0 Å². The number of hydrogen-bond donors (Lipinski definition) is 1. The molecule has 15 heavy (non-hydrogen) atoms.